The highest BCUT2D eigenvalue weighted by Crippen LogP contribution is 2.21. The number of benzene rings is 1. The van der Waals surface area contributed by atoms with E-state index < -0.39 is 0 Å². The first-order chi connectivity index (χ1) is 6.09. The third-order valence-electron chi connectivity index (χ3n) is 1.46. The molecule has 0 aromatic heterocycles. The van der Waals surface area contributed by atoms with Gasteiger partial charge in [0.05, 0.1) is 0 Å². The quantitative estimate of drug-likeness (QED) is 0.583. The molecule has 1 rings (SSSR count). The molecule has 4 heteroatoms. The van der Waals surface area contributed by atoms with Gasteiger partial charge in [-0.25, -0.2) is 0 Å². The fourth-order valence-electron chi connectivity index (χ4n) is 0.875. The zero-order chi connectivity index (χ0) is 9.84. The Hall–Kier alpha value is -0.610. The van der Waals surface area contributed by atoms with Crippen LogP contribution in [0.5, 0.6) is 0 Å². The first-order valence-corrected chi connectivity index (χ1v) is 5.09. The van der Waals surface area contributed by atoms with Crippen LogP contribution in [0.15, 0.2) is 28.0 Å². The van der Waals surface area contributed by atoms with Crippen LogP contribution in [-0.4, -0.2) is 5.91 Å². The number of hydrogen-bond acceptors (Lipinski definition) is 3. The van der Waals surface area contributed by atoms with Gasteiger partial charge in [-0.1, -0.05) is 0 Å². The number of nitrogens with one attached hydrogen (secondary N) is 1. The molecule has 0 aliphatic rings. The Morgan fingerprint density at radius 2 is 2.23 bits per heavy atom. The largest absolute Gasteiger partial charge is 0.296 e. The van der Waals surface area contributed by atoms with Crippen molar-refractivity contribution < 1.29 is 4.79 Å². The summed E-state index contributed by atoms with van der Waals surface area (Å²) in [5.41, 5.74) is 1.12. The molecule has 0 radical (unpaired) electrons. The number of hydrogen-bond donors (Lipinski definition) is 2. The highest BCUT2D eigenvalue weighted by molar-refractivity contribution is 7.98. The third-order valence-corrected chi connectivity index (χ3v) is 2.81. The predicted octanol–water partition coefficient (Wildman–Crippen LogP) is 2.43. The summed E-state index contributed by atoms with van der Waals surface area (Å²) in [6.07, 6.45) is 0. The molecule has 13 heavy (non-hydrogen) atoms. The van der Waals surface area contributed by atoms with E-state index in [-0.39, 0.29) is 5.91 Å². The lowest BCUT2D eigenvalue weighted by Crippen LogP contribution is -2.10. The summed E-state index contributed by atoms with van der Waals surface area (Å²) in [6.45, 7) is 3.49. The standard InChI is InChI=1S/C9H11NOS2/c1-6-5-8(12)3-4-9(6)13-10-7(2)11/h3-5,12H,1-2H3,(H,10,11). The van der Waals surface area contributed by atoms with Crippen LogP contribution in [0.25, 0.3) is 0 Å². The normalized spacial score (nSPS) is 9.77. The molecule has 1 aromatic carbocycles. The van der Waals surface area contributed by atoms with E-state index in [1.807, 2.05) is 25.1 Å². The Labute approximate surface area is 87.7 Å². The van der Waals surface area contributed by atoms with Gasteiger partial charge in [-0.15, -0.1) is 12.6 Å². The van der Waals surface area contributed by atoms with Gasteiger partial charge in [0.1, 0.15) is 0 Å². The van der Waals surface area contributed by atoms with Gasteiger partial charge < -0.3 is 0 Å². The van der Waals surface area contributed by atoms with Gasteiger partial charge in [0.25, 0.3) is 0 Å². The molecule has 0 spiro atoms. The minimum absolute atomic E-state index is 0.0423. The molecule has 0 saturated carbocycles. The molecule has 1 aromatic rings. The Kier molecular flexibility index (Phi) is 3.69. The van der Waals surface area contributed by atoms with E-state index in [1.165, 1.54) is 18.9 Å². The lowest BCUT2D eigenvalue weighted by Gasteiger charge is -2.05. The van der Waals surface area contributed by atoms with Gasteiger partial charge in [-0.2, -0.15) is 0 Å². The first kappa shape index (κ1) is 10.5. The SMILES string of the molecule is CC(=O)NSc1ccc(S)cc1C. The predicted molar refractivity (Wildman–Crippen MR) is 58.1 cm³/mol. The Morgan fingerprint density at radius 1 is 1.54 bits per heavy atom. The van der Waals surface area contributed by atoms with Crippen molar-refractivity contribution >= 4 is 30.5 Å². The Bertz CT molecular complexity index is 325. The van der Waals surface area contributed by atoms with Crippen molar-refractivity contribution in [2.24, 2.45) is 0 Å². The minimum Gasteiger partial charge on any atom is -0.296 e. The van der Waals surface area contributed by atoms with Crippen LogP contribution in [0.1, 0.15) is 12.5 Å². The summed E-state index contributed by atoms with van der Waals surface area (Å²) in [5.74, 6) is -0.0423. The minimum atomic E-state index is -0.0423. The number of carbonyl (C=O) groups is 1. The van der Waals surface area contributed by atoms with Crippen LogP contribution in [0.4, 0.5) is 0 Å². The zero-order valence-electron chi connectivity index (χ0n) is 7.50. The van der Waals surface area contributed by atoms with E-state index in [4.69, 9.17) is 0 Å². The molecular weight excluding hydrogens is 202 g/mol. The van der Waals surface area contributed by atoms with Gasteiger partial charge in [0.15, 0.2) is 0 Å². The molecule has 0 heterocycles. The Balaban J connectivity index is 2.72. The van der Waals surface area contributed by atoms with E-state index >= 15 is 0 Å². The molecule has 0 aliphatic carbocycles. The van der Waals surface area contributed by atoms with Gasteiger partial charge >= 0.3 is 0 Å². The highest BCUT2D eigenvalue weighted by Gasteiger charge is 2.00. The summed E-state index contributed by atoms with van der Waals surface area (Å²) in [7, 11) is 0. The third kappa shape index (κ3) is 3.32. The lowest BCUT2D eigenvalue weighted by molar-refractivity contribution is -0.117. The molecule has 0 saturated heterocycles. The lowest BCUT2D eigenvalue weighted by atomic mass is 10.2. The fraction of sp³-hybridized carbons (Fsp3) is 0.222. The van der Waals surface area contributed by atoms with Crippen molar-refractivity contribution in [3.8, 4) is 0 Å². The second-order valence-corrected chi connectivity index (χ2v) is 4.07. The van der Waals surface area contributed by atoms with Crippen molar-refractivity contribution in [1.82, 2.24) is 4.72 Å². The molecular formula is C9H11NOS2. The molecule has 1 N–H and O–H groups in total. The monoisotopic (exact) mass is 213 g/mol. The molecule has 70 valence electrons. The number of amides is 1. The van der Waals surface area contributed by atoms with Gasteiger partial charge in [-0.05, 0) is 42.6 Å². The maximum atomic E-state index is 10.6. The van der Waals surface area contributed by atoms with Crippen LogP contribution in [0.3, 0.4) is 0 Å². The van der Waals surface area contributed by atoms with Crippen molar-refractivity contribution in [2.75, 3.05) is 0 Å². The summed E-state index contributed by atoms with van der Waals surface area (Å²) in [6, 6.07) is 5.81. The van der Waals surface area contributed by atoms with Gasteiger partial charge in [0.2, 0.25) is 5.91 Å². The van der Waals surface area contributed by atoms with E-state index in [1.54, 1.807) is 0 Å². The first-order valence-electron chi connectivity index (χ1n) is 3.82. The van der Waals surface area contributed by atoms with Crippen molar-refractivity contribution in [1.29, 1.82) is 0 Å². The fourth-order valence-corrected chi connectivity index (χ4v) is 1.75. The second-order valence-electron chi connectivity index (χ2n) is 2.71. The number of rotatable bonds is 2. The van der Waals surface area contributed by atoms with Crippen LogP contribution >= 0.6 is 24.6 Å². The number of carbonyl (C=O) groups excluding carboxylic acids is 1. The van der Waals surface area contributed by atoms with Gasteiger partial charge in [-0.3, -0.25) is 9.52 Å². The average molecular weight is 213 g/mol. The van der Waals surface area contributed by atoms with E-state index in [0.717, 1.165) is 15.4 Å². The summed E-state index contributed by atoms with van der Waals surface area (Å²) >= 11 is 5.54. The zero-order valence-corrected chi connectivity index (χ0v) is 9.21. The van der Waals surface area contributed by atoms with Crippen molar-refractivity contribution in [3.05, 3.63) is 23.8 Å². The van der Waals surface area contributed by atoms with Crippen LogP contribution in [-0.2, 0) is 4.79 Å². The molecule has 0 bridgehead atoms. The summed E-state index contributed by atoms with van der Waals surface area (Å²) < 4.78 is 2.67. The molecule has 0 fully saturated rings. The summed E-state index contributed by atoms with van der Waals surface area (Å²) in [5, 5.41) is 0. The van der Waals surface area contributed by atoms with Crippen molar-refractivity contribution in [3.63, 3.8) is 0 Å². The Morgan fingerprint density at radius 3 is 2.77 bits per heavy atom. The number of thiol groups is 1. The smallest absolute Gasteiger partial charge is 0.226 e. The molecule has 0 unspecified atom stereocenters. The van der Waals surface area contributed by atoms with Gasteiger partial charge in [0, 0.05) is 16.7 Å². The van der Waals surface area contributed by atoms with Crippen molar-refractivity contribution in [2.45, 2.75) is 23.6 Å². The maximum absolute atomic E-state index is 10.6. The van der Waals surface area contributed by atoms with E-state index in [9.17, 15) is 4.79 Å². The van der Waals surface area contributed by atoms with Crippen LogP contribution in [0, 0.1) is 6.92 Å². The second kappa shape index (κ2) is 4.58. The van der Waals surface area contributed by atoms with Crippen LogP contribution in [0.2, 0.25) is 0 Å². The summed E-state index contributed by atoms with van der Waals surface area (Å²) in [4.78, 5) is 12.6. The molecule has 0 atom stereocenters. The maximum Gasteiger partial charge on any atom is 0.226 e. The molecule has 1 amide bonds. The van der Waals surface area contributed by atoms with E-state index in [2.05, 4.69) is 17.4 Å². The molecule has 2 nitrogen and oxygen atoms in total. The molecule has 0 aliphatic heterocycles. The topological polar surface area (TPSA) is 29.1 Å². The average Bonchev–Trinajstić information content (AvgIpc) is 2.02. The number of aryl methyl sites for hydroxylation is 1. The van der Waals surface area contributed by atoms with E-state index in [0.29, 0.717) is 0 Å². The highest BCUT2D eigenvalue weighted by atomic mass is 32.2. The van der Waals surface area contributed by atoms with Crippen LogP contribution < -0.4 is 4.72 Å².